The lowest BCUT2D eigenvalue weighted by Crippen LogP contribution is -1.90. The monoisotopic (exact) mass is 173 g/mol. The lowest BCUT2D eigenvalue weighted by atomic mass is 10.1. The van der Waals surface area contributed by atoms with Gasteiger partial charge in [-0.1, -0.05) is 24.3 Å². The first-order valence-electron chi connectivity index (χ1n) is 4.29. The normalized spacial score (nSPS) is 10.2. The Morgan fingerprint density at radius 1 is 1.31 bits per heavy atom. The molecule has 0 amide bonds. The number of oxazole rings is 1. The molecule has 2 rings (SSSR count). The highest BCUT2D eigenvalue weighted by Gasteiger charge is 2.01. The summed E-state index contributed by atoms with van der Waals surface area (Å²) in [6, 6.07) is 8.26. The van der Waals surface area contributed by atoms with Crippen molar-refractivity contribution in [1.29, 1.82) is 0 Å². The van der Waals surface area contributed by atoms with E-state index < -0.39 is 0 Å². The molecule has 2 aromatic rings. The molecule has 0 N–H and O–H groups in total. The van der Waals surface area contributed by atoms with Crippen molar-refractivity contribution >= 4 is 0 Å². The number of hydrogen-bond acceptors (Lipinski definition) is 2. The fourth-order valence-electron chi connectivity index (χ4n) is 1.31. The van der Waals surface area contributed by atoms with Gasteiger partial charge in [-0.3, -0.25) is 0 Å². The SMILES string of the molecule is Cc1ccccc1Cc1ncco1. The van der Waals surface area contributed by atoms with E-state index in [2.05, 4.69) is 24.0 Å². The fraction of sp³-hybridized carbons (Fsp3) is 0.182. The van der Waals surface area contributed by atoms with Crippen LogP contribution in [0.25, 0.3) is 0 Å². The van der Waals surface area contributed by atoms with Gasteiger partial charge in [0.1, 0.15) is 6.26 Å². The van der Waals surface area contributed by atoms with Crippen molar-refractivity contribution in [2.24, 2.45) is 0 Å². The maximum Gasteiger partial charge on any atom is 0.198 e. The van der Waals surface area contributed by atoms with E-state index in [0.29, 0.717) is 0 Å². The van der Waals surface area contributed by atoms with Crippen LogP contribution >= 0.6 is 0 Å². The van der Waals surface area contributed by atoms with Crippen LogP contribution in [0.2, 0.25) is 0 Å². The Bertz CT molecular complexity index is 379. The first-order valence-corrected chi connectivity index (χ1v) is 4.29. The molecule has 0 atom stereocenters. The lowest BCUT2D eigenvalue weighted by Gasteiger charge is -2.01. The second-order valence-corrected chi connectivity index (χ2v) is 3.03. The molecule has 0 aliphatic heterocycles. The standard InChI is InChI=1S/C11H11NO/c1-9-4-2-3-5-10(9)8-11-12-6-7-13-11/h2-7H,8H2,1H3. The van der Waals surface area contributed by atoms with Crippen LogP contribution in [0, 0.1) is 6.92 Å². The first-order chi connectivity index (χ1) is 6.36. The van der Waals surface area contributed by atoms with Gasteiger partial charge in [-0.2, -0.15) is 0 Å². The van der Waals surface area contributed by atoms with Gasteiger partial charge in [0.15, 0.2) is 5.89 Å². The molecule has 66 valence electrons. The van der Waals surface area contributed by atoms with Crippen molar-refractivity contribution in [2.45, 2.75) is 13.3 Å². The summed E-state index contributed by atoms with van der Waals surface area (Å²) in [6.45, 7) is 2.10. The van der Waals surface area contributed by atoms with Gasteiger partial charge in [0.2, 0.25) is 0 Å². The second-order valence-electron chi connectivity index (χ2n) is 3.03. The van der Waals surface area contributed by atoms with Crippen LogP contribution < -0.4 is 0 Å². The summed E-state index contributed by atoms with van der Waals surface area (Å²) < 4.78 is 5.18. The Kier molecular flexibility index (Phi) is 2.13. The minimum Gasteiger partial charge on any atom is -0.449 e. The molecule has 0 spiro atoms. The van der Waals surface area contributed by atoms with Crippen molar-refractivity contribution in [3.05, 3.63) is 53.7 Å². The molecule has 2 heteroatoms. The zero-order valence-electron chi connectivity index (χ0n) is 7.53. The summed E-state index contributed by atoms with van der Waals surface area (Å²) in [6.07, 6.45) is 4.06. The van der Waals surface area contributed by atoms with E-state index in [9.17, 15) is 0 Å². The molecule has 0 saturated heterocycles. The zero-order chi connectivity index (χ0) is 9.10. The number of hydrogen-bond donors (Lipinski definition) is 0. The summed E-state index contributed by atoms with van der Waals surface area (Å²) in [7, 11) is 0. The van der Waals surface area contributed by atoms with Crippen LogP contribution in [-0.2, 0) is 6.42 Å². The van der Waals surface area contributed by atoms with Crippen molar-refractivity contribution in [2.75, 3.05) is 0 Å². The van der Waals surface area contributed by atoms with Crippen LogP contribution in [0.1, 0.15) is 17.0 Å². The Morgan fingerprint density at radius 3 is 2.85 bits per heavy atom. The number of benzene rings is 1. The minimum atomic E-state index is 0.773. The predicted octanol–water partition coefficient (Wildman–Crippen LogP) is 2.57. The molecule has 0 aliphatic rings. The van der Waals surface area contributed by atoms with Crippen molar-refractivity contribution in [3.63, 3.8) is 0 Å². The number of rotatable bonds is 2. The third kappa shape index (κ3) is 1.78. The van der Waals surface area contributed by atoms with Gasteiger partial charge in [0, 0.05) is 6.42 Å². The largest absolute Gasteiger partial charge is 0.449 e. The Morgan fingerprint density at radius 2 is 2.15 bits per heavy atom. The quantitative estimate of drug-likeness (QED) is 0.697. The maximum atomic E-state index is 5.18. The predicted molar refractivity (Wildman–Crippen MR) is 50.5 cm³/mol. The second kappa shape index (κ2) is 3.44. The van der Waals surface area contributed by atoms with Crippen LogP contribution in [0.15, 0.2) is 41.1 Å². The molecule has 0 radical (unpaired) electrons. The highest BCUT2D eigenvalue weighted by molar-refractivity contribution is 5.27. The summed E-state index contributed by atoms with van der Waals surface area (Å²) in [5.41, 5.74) is 2.55. The van der Waals surface area contributed by atoms with Gasteiger partial charge in [-0.15, -0.1) is 0 Å². The smallest absolute Gasteiger partial charge is 0.198 e. The van der Waals surface area contributed by atoms with Gasteiger partial charge in [-0.05, 0) is 18.1 Å². The summed E-state index contributed by atoms with van der Waals surface area (Å²) >= 11 is 0. The van der Waals surface area contributed by atoms with Gasteiger partial charge >= 0.3 is 0 Å². The summed E-state index contributed by atoms with van der Waals surface area (Å²) in [5, 5.41) is 0. The van der Waals surface area contributed by atoms with Gasteiger partial charge in [0.05, 0.1) is 6.20 Å². The Balaban J connectivity index is 2.24. The molecule has 2 nitrogen and oxygen atoms in total. The molecule has 1 aromatic heterocycles. The number of aromatic nitrogens is 1. The van der Waals surface area contributed by atoms with E-state index in [-0.39, 0.29) is 0 Å². The van der Waals surface area contributed by atoms with Crippen molar-refractivity contribution in [3.8, 4) is 0 Å². The molecule has 0 saturated carbocycles. The van der Waals surface area contributed by atoms with Crippen LogP contribution in [0.5, 0.6) is 0 Å². The average Bonchev–Trinajstić information content (AvgIpc) is 2.61. The highest BCUT2D eigenvalue weighted by atomic mass is 16.3. The molecule has 1 aromatic carbocycles. The lowest BCUT2D eigenvalue weighted by molar-refractivity contribution is 0.506. The Hall–Kier alpha value is -1.57. The van der Waals surface area contributed by atoms with Gasteiger partial charge in [-0.25, -0.2) is 4.98 Å². The summed E-state index contributed by atoms with van der Waals surface area (Å²) in [4.78, 5) is 4.09. The number of aryl methyl sites for hydroxylation is 1. The van der Waals surface area contributed by atoms with E-state index in [0.717, 1.165) is 12.3 Å². The van der Waals surface area contributed by atoms with Crippen LogP contribution in [-0.4, -0.2) is 4.98 Å². The first kappa shape index (κ1) is 8.05. The highest BCUT2D eigenvalue weighted by Crippen LogP contribution is 2.11. The molecular formula is C11H11NO. The number of nitrogens with zero attached hydrogens (tertiary/aromatic N) is 1. The molecule has 0 fully saturated rings. The molecular weight excluding hydrogens is 162 g/mol. The van der Waals surface area contributed by atoms with E-state index >= 15 is 0 Å². The third-order valence-electron chi connectivity index (χ3n) is 2.09. The zero-order valence-corrected chi connectivity index (χ0v) is 7.53. The maximum absolute atomic E-state index is 5.18. The third-order valence-corrected chi connectivity index (χ3v) is 2.09. The van der Waals surface area contributed by atoms with Gasteiger partial charge in [0.25, 0.3) is 0 Å². The van der Waals surface area contributed by atoms with Crippen molar-refractivity contribution < 1.29 is 4.42 Å². The molecule has 0 unspecified atom stereocenters. The van der Waals surface area contributed by atoms with Crippen LogP contribution in [0.4, 0.5) is 0 Å². The molecule has 0 aliphatic carbocycles. The molecule has 0 bridgehead atoms. The van der Waals surface area contributed by atoms with E-state index in [4.69, 9.17) is 4.42 Å². The van der Waals surface area contributed by atoms with E-state index in [1.807, 2.05) is 12.1 Å². The molecule has 1 heterocycles. The van der Waals surface area contributed by atoms with Crippen LogP contribution in [0.3, 0.4) is 0 Å². The van der Waals surface area contributed by atoms with Gasteiger partial charge < -0.3 is 4.42 Å². The summed E-state index contributed by atoms with van der Waals surface area (Å²) in [5.74, 6) is 0.773. The minimum absolute atomic E-state index is 0.773. The Labute approximate surface area is 77.2 Å². The van der Waals surface area contributed by atoms with Crippen molar-refractivity contribution in [1.82, 2.24) is 4.98 Å². The van der Waals surface area contributed by atoms with E-state index in [1.54, 1.807) is 12.5 Å². The fourth-order valence-corrected chi connectivity index (χ4v) is 1.31. The molecule has 13 heavy (non-hydrogen) atoms. The topological polar surface area (TPSA) is 26.0 Å². The average molecular weight is 173 g/mol. The van der Waals surface area contributed by atoms with E-state index in [1.165, 1.54) is 11.1 Å².